The van der Waals surface area contributed by atoms with Crippen LogP contribution in [0.4, 0.5) is 0 Å². The first-order valence-electron chi connectivity index (χ1n) is 8.48. The van der Waals surface area contributed by atoms with Gasteiger partial charge in [-0.25, -0.2) is 4.79 Å². The lowest BCUT2D eigenvalue weighted by atomic mass is 10.2. The molecule has 0 fully saturated rings. The van der Waals surface area contributed by atoms with Crippen LogP contribution in [0.5, 0.6) is 0 Å². The van der Waals surface area contributed by atoms with Crippen molar-refractivity contribution in [2.75, 3.05) is 31.5 Å². The summed E-state index contributed by atoms with van der Waals surface area (Å²) < 4.78 is 15.1. The molecular formula is C18H32O4S. The van der Waals surface area contributed by atoms with Gasteiger partial charge in [0.25, 0.3) is 0 Å². The molecule has 4 nitrogen and oxygen atoms in total. The molecule has 23 heavy (non-hydrogen) atoms. The molecule has 0 bridgehead atoms. The van der Waals surface area contributed by atoms with E-state index in [2.05, 4.69) is 13.2 Å². The fraction of sp³-hybridized carbons (Fsp3) is 0.722. The molecule has 0 heterocycles. The summed E-state index contributed by atoms with van der Waals surface area (Å²) in [6, 6.07) is 0. The van der Waals surface area contributed by atoms with Crippen molar-refractivity contribution in [2.24, 2.45) is 0 Å². The molecule has 5 heteroatoms. The molecule has 0 amide bonds. The normalized spacial score (nSPS) is 10.3. The van der Waals surface area contributed by atoms with E-state index in [1.54, 1.807) is 0 Å². The zero-order valence-corrected chi connectivity index (χ0v) is 15.1. The SMILES string of the molecule is C=COCOCCCCCCSCCCCCCOC(=O)C=C. The minimum atomic E-state index is -0.322. The second-order valence-corrected chi connectivity index (χ2v) is 6.40. The Morgan fingerprint density at radius 2 is 1.48 bits per heavy atom. The lowest BCUT2D eigenvalue weighted by Gasteiger charge is -2.04. The molecule has 134 valence electrons. The maximum atomic E-state index is 10.8. The summed E-state index contributed by atoms with van der Waals surface area (Å²) in [5.41, 5.74) is 0. The Hall–Kier alpha value is -0.940. The number of carbonyl (C=O) groups excluding carboxylic acids is 1. The zero-order valence-electron chi connectivity index (χ0n) is 14.3. The van der Waals surface area contributed by atoms with Crippen LogP contribution in [0.25, 0.3) is 0 Å². The summed E-state index contributed by atoms with van der Waals surface area (Å²) in [5, 5.41) is 0. The number of thioether (sulfide) groups is 1. The third kappa shape index (κ3) is 19.0. The molecule has 0 aromatic heterocycles. The molecule has 0 spiro atoms. The Bertz CT molecular complexity index is 295. The highest BCUT2D eigenvalue weighted by atomic mass is 32.2. The van der Waals surface area contributed by atoms with Crippen molar-refractivity contribution in [2.45, 2.75) is 51.4 Å². The molecule has 0 saturated carbocycles. The van der Waals surface area contributed by atoms with Crippen LogP contribution in [0.15, 0.2) is 25.5 Å². The molecule has 0 atom stereocenters. The highest BCUT2D eigenvalue weighted by Crippen LogP contribution is 2.11. The third-order valence-corrected chi connectivity index (χ3v) is 4.35. The van der Waals surface area contributed by atoms with Gasteiger partial charge in [-0.3, -0.25) is 0 Å². The predicted octanol–water partition coefficient (Wildman–Crippen LogP) is 4.70. The molecule has 0 radical (unpaired) electrons. The molecule has 0 saturated heterocycles. The average Bonchev–Trinajstić information content (AvgIpc) is 2.57. The van der Waals surface area contributed by atoms with Crippen molar-refractivity contribution in [3.63, 3.8) is 0 Å². The molecule has 0 unspecified atom stereocenters. The lowest BCUT2D eigenvalue weighted by molar-refractivity contribution is -0.137. The van der Waals surface area contributed by atoms with Crippen LogP contribution < -0.4 is 0 Å². The maximum absolute atomic E-state index is 10.8. The average molecular weight is 345 g/mol. The molecule has 0 N–H and O–H groups in total. The largest absolute Gasteiger partial charge is 0.476 e. The quantitative estimate of drug-likeness (QED) is 0.118. The van der Waals surface area contributed by atoms with E-state index in [4.69, 9.17) is 14.2 Å². The monoisotopic (exact) mass is 344 g/mol. The Labute approximate surface area is 145 Å². The van der Waals surface area contributed by atoms with E-state index < -0.39 is 0 Å². The molecule has 0 aliphatic rings. The Balaban J connectivity index is 3.01. The summed E-state index contributed by atoms with van der Waals surface area (Å²) in [6.45, 7) is 8.41. The van der Waals surface area contributed by atoms with E-state index in [0.717, 1.165) is 25.9 Å². The van der Waals surface area contributed by atoms with Crippen LogP contribution in [0.2, 0.25) is 0 Å². The number of esters is 1. The highest BCUT2D eigenvalue weighted by Gasteiger charge is 1.96. The fourth-order valence-electron chi connectivity index (χ4n) is 1.91. The van der Waals surface area contributed by atoms with E-state index >= 15 is 0 Å². The van der Waals surface area contributed by atoms with Crippen LogP contribution >= 0.6 is 11.8 Å². The molecular weight excluding hydrogens is 312 g/mol. The van der Waals surface area contributed by atoms with Gasteiger partial charge in [0, 0.05) is 6.08 Å². The van der Waals surface area contributed by atoms with Gasteiger partial charge in [-0.15, -0.1) is 0 Å². The van der Waals surface area contributed by atoms with Crippen molar-refractivity contribution >= 4 is 17.7 Å². The fourth-order valence-corrected chi connectivity index (χ4v) is 2.93. The summed E-state index contributed by atoms with van der Waals surface area (Å²) in [6.07, 6.45) is 12.0. The van der Waals surface area contributed by atoms with Crippen LogP contribution in [0.3, 0.4) is 0 Å². The van der Waals surface area contributed by atoms with Crippen molar-refractivity contribution in [1.29, 1.82) is 0 Å². The topological polar surface area (TPSA) is 44.8 Å². The van der Waals surface area contributed by atoms with Gasteiger partial charge in [0.2, 0.25) is 0 Å². The van der Waals surface area contributed by atoms with Gasteiger partial charge in [-0.05, 0) is 37.2 Å². The van der Waals surface area contributed by atoms with Gasteiger partial charge < -0.3 is 14.2 Å². The van der Waals surface area contributed by atoms with Gasteiger partial charge in [0.15, 0.2) is 6.79 Å². The summed E-state index contributed by atoms with van der Waals surface area (Å²) in [7, 11) is 0. The number of carbonyl (C=O) groups is 1. The van der Waals surface area contributed by atoms with Crippen molar-refractivity contribution in [3.05, 3.63) is 25.5 Å². The summed E-state index contributed by atoms with van der Waals surface area (Å²) in [5.74, 6) is 2.16. The van der Waals surface area contributed by atoms with E-state index in [1.807, 2.05) is 11.8 Å². The van der Waals surface area contributed by atoms with Crippen LogP contribution in [-0.4, -0.2) is 37.5 Å². The van der Waals surface area contributed by atoms with Gasteiger partial charge in [0.1, 0.15) is 0 Å². The Morgan fingerprint density at radius 3 is 2.09 bits per heavy atom. The number of hydrogen-bond donors (Lipinski definition) is 0. The lowest BCUT2D eigenvalue weighted by Crippen LogP contribution is -2.01. The molecule has 0 aliphatic carbocycles. The van der Waals surface area contributed by atoms with Crippen molar-refractivity contribution in [3.8, 4) is 0 Å². The molecule has 0 aromatic rings. The third-order valence-electron chi connectivity index (χ3n) is 3.19. The second kappa shape index (κ2) is 19.1. The smallest absolute Gasteiger partial charge is 0.330 e. The van der Waals surface area contributed by atoms with Gasteiger partial charge in [0.05, 0.1) is 19.5 Å². The van der Waals surface area contributed by atoms with Gasteiger partial charge in [-0.2, -0.15) is 11.8 Å². The number of ether oxygens (including phenoxy) is 3. The molecule has 0 aromatic carbocycles. The van der Waals surface area contributed by atoms with Crippen LogP contribution in [0, 0.1) is 0 Å². The van der Waals surface area contributed by atoms with Gasteiger partial charge >= 0.3 is 5.97 Å². The van der Waals surface area contributed by atoms with Crippen molar-refractivity contribution < 1.29 is 19.0 Å². The Kier molecular flexibility index (Phi) is 18.3. The minimum absolute atomic E-state index is 0.316. The minimum Gasteiger partial charge on any atom is -0.476 e. The first-order valence-corrected chi connectivity index (χ1v) is 9.64. The van der Waals surface area contributed by atoms with Crippen LogP contribution in [-0.2, 0) is 19.0 Å². The van der Waals surface area contributed by atoms with Crippen molar-refractivity contribution in [1.82, 2.24) is 0 Å². The van der Waals surface area contributed by atoms with E-state index in [9.17, 15) is 4.79 Å². The number of rotatable bonds is 18. The van der Waals surface area contributed by atoms with E-state index in [0.29, 0.717) is 13.4 Å². The van der Waals surface area contributed by atoms with E-state index in [1.165, 1.54) is 55.9 Å². The highest BCUT2D eigenvalue weighted by molar-refractivity contribution is 7.99. The standard InChI is InChI=1S/C18H32O4S/c1-3-18(19)22-14-10-6-8-12-16-23-15-11-7-5-9-13-21-17-20-4-2/h3-4H,1-2,5-17H2. The molecule has 0 aliphatic heterocycles. The Morgan fingerprint density at radius 1 is 0.870 bits per heavy atom. The summed E-state index contributed by atoms with van der Waals surface area (Å²) in [4.78, 5) is 10.8. The zero-order chi connectivity index (χ0) is 17.0. The van der Waals surface area contributed by atoms with Gasteiger partial charge in [-0.1, -0.05) is 38.8 Å². The first-order chi connectivity index (χ1) is 11.3. The predicted molar refractivity (Wildman–Crippen MR) is 97.5 cm³/mol. The second-order valence-electron chi connectivity index (χ2n) is 5.17. The van der Waals surface area contributed by atoms with Crippen LogP contribution in [0.1, 0.15) is 51.4 Å². The number of unbranched alkanes of at least 4 members (excludes halogenated alkanes) is 6. The number of hydrogen-bond acceptors (Lipinski definition) is 5. The first kappa shape index (κ1) is 22.1. The summed E-state index contributed by atoms with van der Waals surface area (Å²) >= 11 is 2.04. The maximum Gasteiger partial charge on any atom is 0.330 e. The molecule has 0 rings (SSSR count). The van der Waals surface area contributed by atoms with E-state index in [-0.39, 0.29) is 5.97 Å².